The van der Waals surface area contributed by atoms with Gasteiger partial charge in [0, 0.05) is 13.0 Å². The van der Waals surface area contributed by atoms with Crippen molar-refractivity contribution in [1.82, 2.24) is 25.3 Å². The maximum atomic E-state index is 13.1. The SMILES string of the molecule is CCC1(c2ccccc2)NC(=O)N(NC(=O)CCn2c(=S)[nH]c3ccccc3c2=O)C1=O. The fourth-order valence-electron chi connectivity index (χ4n) is 3.83. The molecule has 3 aromatic rings. The Labute approximate surface area is 188 Å². The fourth-order valence-corrected chi connectivity index (χ4v) is 4.12. The molecule has 4 amide bonds. The van der Waals surface area contributed by atoms with Gasteiger partial charge in [-0.1, -0.05) is 49.4 Å². The molecule has 164 valence electrons. The Morgan fingerprint density at radius 2 is 1.75 bits per heavy atom. The van der Waals surface area contributed by atoms with Crippen molar-refractivity contribution in [3.63, 3.8) is 0 Å². The summed E-state index contributed by atoms with van der Waals surface area (Å²) in [6.45, 7) is 1.77. The van der Waals surface area contributed by atoms with Gasteiger partial charge in [-0.15, -0.1) is 0 Å². The molecule has 0 aliphatic carbocycles. The summed E-state index contributed by atoms with van der Waals surface area (Å²) in [7, 11) is 0. The van der Waals surface area contributed by atoms with Gasteiger partial charge in [0.1, 0.15) is 5.54 Å². The molecule has 0 bridgehead atoms. The summed E-state index contributed by atoms with van der Waals surface area (Å²) >= 11 is 5.25. The van der Waals surface area contributed by atoms with E-state index in [4.69, 9.17) is 12.2 Å². The molecule has 1 unspecified atom stereocenters. The van der Waals surface area contributed by atoms with Crippen LogP contribution in [0.25, 0.3) is 10.9 Å². The zero-order valence-electron chi connectivity index (χ0n) is 17.3. The van der Waals surface area contributed by atoms with E-state index in [9.17, 15) is 19.2 Å². The maximum absolute atomic E-state index is 13.1. The van der Waals surface area contributed by atoms with Crippen LogP contribution < -0.4 is 16.3 Å². The number of hydrogen-bond donors (Lipinski definition) is 3. The van der Waals surface area contributed by atoms with Crippen LogP contribution in [0.15, 0.2) is 59.4 Å². The number of imide groups is 1. The number of para-hydroxylation sites is 1. The number of nitrogens with zero attached hydrogens (tertiary/aromatic N) is 2. The molecule has 1 atom stereocenters. The number of amides is 4. The van der Waals surface area contributed by atoms with Crippen molar-refractivity contribution in [1.29, 1.82) is 0 Å². The second kappa shape index (κ2) is 8.39. The molecular weight excluding hydrogens is 430 g/mol. The number of aromatic amines is 1. The van der Waals surface area contributed by atoms with E-state index in [1.807, 2.05) is 6.07 Å². The Balaban J connectivity index is 1.50. The quantitative estimate of drug-likeness (QED) is 0.393. The molecule has 2 heterocycles. The molecular formula is C22H21N5O4S. The lowest BCUT2D eigenvalue weighted by atomic mass is 9.87. The Kier molecular flexibility index (Phi) is 5.62. The van der Waals surface area contributed by atoms with Crippen LogP contribution in [0.5, 0.6) is 0 Å². The highest BCUT2D eigenvalue weighted by atomic mass is 32.1. The van der Waals surface area contributed by atoms with Crippen LogP contribution in [0.3, 0.4) is 0 Å². The Bertz CT molecular complexity index is 1330. The Morgan fingerprint density at radius 3 is 2.47 bits per heavy atom. The second-order valence-corrected chi connectivity index (χ2v) is 7.80. The van der Waals surface area contributed by atoms with E-state index >= 15 is 0 Å². The molecule has 4 rings (SSSR count). The standard InChI is InChI=1S/C22H21N5O4S/c1-2-22(14-8-4-3-5-9-14)19(30)27(20(31)24-22)25-17(28)12-13-26-18(29)15-10-6-7-11-16(15)23-21(26)32/h3-11H,2,12-13H2,1H3,(H,23,32)(H,24,31)(H,25,28). The highest BCUT2D eigenvalue weighted by Crippen LogP contribution is 2.31. The first-order valence-electron chi connectivity index (χ1n) is 10.1. The van der Waals surface area contributed by atoms with Gasteiger partial charge in [0.05, 0.1) is 10.9 Å². The van der Waals surface area contributed by atoms with Crippen LogP contribution in [0, 0.1) is 4.77 Å². The molecule has 32 heavy (non-hydrogen) atoms. The summed E-state index contributed by atoms with van der Waals surface area (Å²) < 4.78 is 1.47. The third-order valence-electron chi connectivity index (χ3n) is 5.58. The van der Waals surface area contributed by atoms with Gasteiger partial charge in [0.25, 0.3) is 11.5 Å². The number of aromatic nitrogens is 2. The van der Waals surface area contributed by atoms with E-state index in [-0.39, 0.29) is 23.3 Å². The summed E-state index contributed by atoms with van der Waals surface area (Å²) in [6, 6.07) is 15.1. The molecule has 1 saturated heterocycles. The van der Waals surface area contributed by atoms with E-state index in [1.165, 1.54) is 4.57 Å². The van der Waals surface area contributed by atoms with E-state index < -0.39 is 23.4 Å². The molecule has 0 spiro atoms. The van der Waals surface area contributed by atoms with Crippen LogP contribution in [-0.2, 0) is 21.7 Å². The predicted octanol–water partition coefficient (Wildman–Crippen LogP) is 2.34. The van der Waals surface area contributed by atoms with Crippen molar-refractivity contribution in [3.8, 4) is 0 Å². The van der Waals surface area contributed by atoms with Crippen molar-refractivity contribution in [2.75, 3.05) is 0 Å². The highest BCUT2D eigenvalue weighted by molar-refractivity contribution is 7.71. The number of fused-ring (bicyclic) bond motifs is 1. The first-order chi connectivity index (χ1) is 15.4. The monoisotopic (exact) mass is 451 g/mol. The average molecular weight is 452 g/mol. The van der Waals surface area contributed by atoms with Gasteiger partial charge in [0.15, 0.2) is 4.77 Å². The van der Waals surface area contributed by atoms with E-state index in [0.717, 1.165) is 0 Å². The number of H-pyrrole nitrogens is 1. The van der Waals surface area contributed by atoms with E-state index in [2.05, 4.69) is 15.7 Å². The third-order valence-corrected chi connectivity index (χ3v) is 5.90. The predicted molar refractivity (Wildman–Crippen MR) is 120 cm³/mol. The molecule has 9 nitrogen and oxygen atoms in total. The lowest BCUT2D eigenvalue weighted by molar-refractivity contribution is -0.139. The number of carbonyl (C=O) groups excluding carboxylic acids is 3. The van der Waals surface area contributed by atoms with Gasteiger partial charge in [-0.25, -0.2) is 4.79 Å². The minimum absolute atomic E-state index is 0.00785. The molecule has 1 aliphatic heterocycles. The van der Waals surface area contributed by atoms with Crippen LogP contribution in [-0.4, -0.2) is 32.4 Å². The first-order valence-corrected chi connectivity index (χ1v) is 10.5. The molecule has 3 N–H and O–H groups in total. The second-order valence-electron chi connectivity index (χ2n) is 7.41. The van der Waals surface area contributed by atoms with Gasteiger partial charge in [-0.3, -0.25) is 24.4 Å². The van der Waals surface area contributed by atoms with Crippen molar-refractivity contribution in [3.05, 3.63) is 75.3 Å². The maximum Gasteiger partial charge on any atom is 0.344 e. The summed E-state index contributed by atoms with van der Waals surface area (Å²) in [5, 5.41) is 3.84. The molecule has 0 saturated carbocycles. The van der Waals surface area contributed by atoms with Crippen molar-refractivity contribution in [2.24, 2.45) is 0 Å². The Morgan fingerprint density at radius 1 is 1.06 bits per heavy atom. The molecule has 1 fully saturated rings. The zero-order chi connectivity index (χ0) is 22.9. The lowest BCUT2D eigenvalue weighted by Gasteiger charge is -2.25. The van der Waals surface area contributed by atoms with Gasteiger partial charge in [-0.2, -0.15) is 5.01 Å². The van der Waals surface area contributed by atoms with Crippen LogP contribution in [0.1, 0.15) is 25.3 Å². The van der Waals surface area contributed by atoms with Crippen molar-refractivity contribution >= 4 is 41.0 Å². The highest BCUT2D eigenvalue weighted by Gasteiger charge is 2.52. The lowest BCUT2D eigenvalue weighted by Crippen LogP contribution is -2.48. The molecule has 1 aliphatic rings. The smallest absolute Gasteiger partial charge is 0.332 e. The van der Waals surface area contributed by atoms with Crippen molar-refractivity contribution < 1.29 is 14.4 Å². The molecule has 2 aromatic carbocycles. The normalized spacial score (nSPS) is 18.1. The third kappa shape index (κ3) is 3.58. The number of urea groups is 1. The fraction of sp³-hybridized carbons (Fsp3) is 0.227. The first kappa shape index (κ1) is 21.4. The minimum Gasteiger partial charge on any atom is -0.332 e. The zero-order valence-corrected chi connectivity index (χ0v) is 18.1. The number of nitrogens with one attached hydrogen (secondary N) is 3. The minimum atomic E-state index is -1.25. The van der Waals surface area contributed by atoms with Gasteiger partial charge < -0.3 is 10.3 Å². The number of benzene rings is 2. The van der Waals surface area contributed by atoms with Gasteiger partial charge in [0.2, 0.25) is 5.91 Å². The number of hydrazine groups is 1. The van der Waals surface area contributed by atoms with Crippen LogP contribution >= 0.6 is 12.2 Å². The van der Waals surface area contributed by atoms with Gasteiger partial charge in [-0.05, 0) is 36.3 Å². The summed E-state index contributed by atoms with van der Waals surface area (Å²) in [5.41, 5.74) is 2.03. The summed E-state index contributed by atoms with van der Waals surface area (Å²) in [6.07, 6.45) is 0.160. The molecule has 1 aromatic heterocycles. The molecule has 0 radical (unpaired) electrons. The summed E-state index contributed by atoms with van der Waals surface area (Å²) in [4.78, 5) is 53.8. The van der Waals surface area contributed by atoms with Crippen LogP contribution in [0.4, 0.5) is 4.79 Å². The number of carbonyl (C=O) groups is 3. The Hall–Kier alpha value is -3.79. The van der Waals surface area contributed by atoms with Crippen molar-refractivity contribution in [2.45, 2.75) is 31.8 Å². The number of hydrogen-bond acceptors (Lipinski definition) is 5. The van der Waals surface area contributed by atoms with Gasteiger partial charge >= 0.3 is 6.03 Å². The number of rotatable bonds is 6. The summed E-state index contributed by atoms with van der Waals surface area (Å²) in [5.74, 6) is -1.16. The van der Waals surface area contributed by atoms with E-state index in [0.29, 0.717) is 27.9 Å². The topological polar surface area (TPSA) is 116 Å². The average Bonchev–Trinajstić information content (AvgIpc) is 3.04. The van der Waals surface area contributed by atoms with E-state index in [1.54, 1.807) is 55.5 Å². The molecule has 10 heteroatoms. The largest absolute Gasteiger partial charge is 0.344 e. The van der Waals surface area contributed by atoms with Crippen LogP contribution in [0.2, 0.25) is 0 Å².